The Balaban J connectivity index is 1.67. The van der Waals surface area contributed by atoms with Crippen LogP contribution in [0.25, 0.3) is 0 Å². The zero-order chi connectivity index (χ0) is 18.7. The summed E-state index contributed by atoms with van der Waals surface area (Å²) in [4.78, 5) is 12.3. The quantitative estimate of drug-likeness (QED) is 0.627. The molecular formula is C16H18F3N5OS. The number of carbonyl (C=O) groups is 1. The van der Waals surface area contributed by atoms with Crippen LogP contribution in [0.1, 0.15) is 45.1 Å². The second kappa shape index (κ2) is 8.07. The van der Waals surface area contributed by atoms with Crippen LogP contribution >= 0.6 is 11.8 Å². The third kappa shape index (κ3) is 4.00. The van der Waals surface area contributed by atoms with Crippen LogP contribution in [-0.2, 0) is 4.79 Å². The summed E-state index contributed by atoms with van der Waals surface area (Å²) in [6.45, 7) is 1.61. The van der Waals surface area contributed by atoms with E-state index in [1.807, 2.05) is 0 Å². The minimum Gasteiger partial charge on any atom is -0.323 e. The standard InChI is InChI=1S/C16H18F3N5OS/c1-9(15(25)20-12-8-7-11(17)13(18)14(12)19)26-16-21-22-23-24(16)10-5-3-2-4-6-10/h7-10H,2-6H2,1H3,(H,20,25). The van der Waals surface area contributed by atoms with Crippen molar-refractivity contribution in [1.29, 1.82) is 0 Å². The Bertz CT molecular complexity index is 794. The van der Waals surface area contributed by atoms with Gasteiger partial charge in [-0.05, 0) is 42.3 Å². The van der Waals surface area contributed by atoms with Crippen molar-refractivity contribution < 1.29 is 18.0 Å². The summed E-state index contributed by atoms with van der Waals surface area (Å²) in [6, 6.07) is 1.95. The highest BCUT2D eigenvalue weighted by atomic mass is 32.2. The van der Waals surface area contributed by atoms with Crippen LogP contribution in [0.5, 0.6) is 0 Å². The third-order valence-corrected chi connectivity index (χ3v) is 5.37. The number of nitrogens with zero attached hydrogens (tertiary/aromatic N) is 4. The van der Waals surface area contributed by atoms with Crippen LogP contribution in [-0.4, -0.2) is 31.4 Å². The van der Waals surface area contributed by atoms with Gasteiger partial charge in [-0.25, -0.2) is 17.9 Å². The van der Waals surface area contributed by atoms with Crippen molar-refractivity contribution in [3.63, 3.8) is 0 Å². The van der Waals surface area contributed by atoms with E-state index >= 15 is 0 Å². The van der Waals surface area contributed by atoms with Crippen molar-refractivity contribution in [1.82, 2.24) is 20.2 Å². The first-order chi connectivity index (χ1) is 12.5. The van der Waals surface area contributed by atoms with Crippen LogP contribution < -0.4 is 5.32 Å². The fourth-order valence-electron chi connectivity index (χ4n) is 2.89. The number of thioether (sulfide) groups is 1. The number of amides is 1. The topological polar surface area (TPSA) is 72.7 Å². The minimum absolute atomic E-state index is 0.208. The van der Waals surface area contributed by atoms with Crippen molar-refractivity contribution in [3.8, 4) is 0 Å². The Kier molecular flexibility index (Phi) is 5.80. The Hall–Kier alpha value is -2.10. The number of anilines is 1. The molecule has 1 unspecified atom stereocenters. The molecule has 1 aromatic carbocycles. The molecule has 0 spiro atoms. The van der Waals surface area contributed by atoms with Gasteiger partial charge in [-0.3, -0.25) is 4.79 Å². The number of hydrogen-bond acceptors (Lipinski definition) is 5. The SMILES string of the molecule is CC(Sc1nnnn1C1CCCCC1)C(=O)Nc1ccc(F)c(F)c1F. The van der Waals surface area contributed by atoms with Crippen LogP contribution in [0, 0.1) is 17.5 Å². The second-order valence-corrected chi connectivity index (χ2v) is 7.48. The third-order valence-electron chi connectivity index (χ3n) is 4.33. The molecule has 1 amide bonds. The van der Waals surface area contributed by atoms with E-state index in [0.29, 0.717) is 5.16 Å². The number of tetrazole rings is 1. The zero-order valence-corrected chi connectivity index (χ0v) is 14.9. The van der Waals surface area contributed by atoms with E-state index in [-0.39, 0.29) is 6.04 Å². The van der Waals surface area contributed by atoms with Gasteiger partial charge < -0.3 is 5.32 Å². The minimum atomic E-state index is -1.62. The molecule has 3 rings (SSSR count). The molecule has 1 saturated carbocycles. The first-order valence-electron chi connectivity index (χ1n) is 8.36. The number of carbonyl (C=O) groups excluding carboxylic acids is 1. The van der Waals surface area contributed by atoms with Gasteiger partial charge in [-0.1, -0.05) is 31.0 Å². The number of aromatic nitrogens is 4. The maximum Gasteiger partial charge on any atom is 0.237 e. The second-order valence-electron chi connectivity index (χ2n) is 6.17. The summed E-state index contributed by atoms with van der Waals surface area (Å²) in [5.74, 6) is -4.92. The molecule has 26 heavy (non-hydrogen) atoms. The maximum atomic E-state index is 13.7. The summed E-state index contributed by atoms with van der Waals surface area (Å²) in [7, 11) is 0. The molecule has 1 aliphatic rings. The highest BCUT2D eigenvalue weighted by Crippen LogP contribution is 2.31. The van der Waals surface area contributed by atoms with Crippen LogP contribution in [0.3, 0.4) is 0 Å². The van der Waals surface area contributed by atoms with E-state index in [1.165, 1.54) is 6.42 Å². The largest absolute Gasteiger partial charge is 0.323 e. The van der Waals surface area contributed by atoms with E-state index in [0.717, 1.165) is 49.6 Å². The molecule has 0 saturated heterocycles. The summed E-state index contributed by atoms with van der Waals surface area (Å²) < 4.78 is 41.7. The number of hydrogen-bond donors (Lipinski definition) is 1. The van der Waals surface area contributed by atoms with Gasteiger partial charge in [-0.15, -0.1) is 5.10 Å². The number of nitrogens with one attached hydrogen (secondary N) is 1. The first-order valence-corrected chi connectivity index (χ1v) is 9.24. The van der Waals surface area contributed by atoms with Crippen LogP contribution in [0.2, 0.25) is 0 Å². The average Bonchev–Trinajstić information content (AvgIpc) is 3.11. The fourth-order valence-corrected chi connectivity index (χ4v) is 3.75. The molecule has 0 radical (unpaired) electrons. The van der Waals surface area contributed by atoms with E-state index in [4.69, 9.17) is 0 Å². The Labute approximate surface area is 152 Å². The lowest BCUT2D eigenvalue weighted by Gasteiger charge is -2.22. The summed E-state index contributed by atoms with van der Waals surface area (Å²) in [6.07, 6.45) is 5.39. The molecular weight excluding hydrogens is 367 g/mol. The molecule has 1 aliphatic carbocycles. The molecule has 2 aromatic rings. The summed E-state index contributed by atoms with van der Waals surface area (Å²) >= 11 is 1.14. The van der Waals surface area contributed by atoms with Crippen molar-refractivity contribution in [2.24, 2.45) is 0 Å². The van der Waals surface area contributed by atoms with Gasteiger partial charge >= 0.3 is 0 Å². The lowest BCUT2D eigenvalue weighted by atomic mass is 9.96. The van der Waals surface area contributed by atoms with Gasteiger partial charge in [0.15, 0.2) is 17.5 Å². The molecule has 1 fully saturated rings. The van der Waals surface area contributed by atoms with E-state index in [2.05, 4.69) is 20.8 Å². The zero-order valence-electron chi connectivity index (χ0n) is 14.1. The van der Waals surface area contributed by atoms with Gasteiger partial charge in [0, 0.05) is 0 Å². The first kappa shape index (κ1) is 18.7. The molecule has 1 heterocycles. The normalized spacial score (nSPS) is 16.5. The average molecular weight is 385 g/mol. The maximum absolute atomic E-state index is 13.7. The van der Waals surface area contributed by atoms with E-state index < -0.39 is 34.3 Å². The van der Waals surface area contributed by atoms with Crippen molar-refractivity contribution in [2.75, 3.05) is 5.32 Å². The highest BCUT2D eigenvalue weighted by molar-refractivity contribution is 8.00. The van der Waals surface area contributed by atoms with Gasteiger partial charge in [-0.2, -0.15) is 0 Å². The fraction of sp³-hybridized carbons (Fsp3) is 0.500. The molecule has 6 nitrogen and oxygen atoms in total. The molecule has 1 atom stereocenters. The van der Waals surface area contributed by atoms with Crippen LogP contribution in [0.4, 0.5) is 18.9 Å². The van der Waals surface area contributed by atoms with Gasteiger partial charge in [0.25, 0.3) is 0 Å². The van der Waals surface area contributed by atoms with Crippen molar-refractivity contribution in [3.05, 3.63) is 29.6 Å². The highest BCUT2D eigenvalue weighted by Gasteiger charge is 2.25. The van der Waals surface area contributed by atoms with Gasteiger partial charge in [0.1, 0.15) is 0 Å². The Morgan fingerprint density at radius 2 is 1.96 bits per heavy atom. The monoisotopic (exact) mass is 385 g/mol. The lowest BCUT2D eigenvalue weighted by Crippen LogP contribution is -2.24. The number of rotatable bonds is 5. The Morgan fingerprint density at radius 3 is 2.69 bits per heavy atom. The predicted octanol–water partition coefficient (Wildman–Crippen LogP) is 3.71. The number of halogens is 3. The predicted molar refractivity (Wildman–Crippen MR) is 90.2 cm³/mol. The molecule has 0 aliphatic heterocycles. The summed E-state index contributed by atoms with van der Waals surface area (Å²) in [5, 5.41) is 13.8. The molecule has 1 N–H and O–H groups in total. The lowest BCUT2D eigenvalue weighted by molar-refractivity contribution is -0.115. The van der Waals surface area contributed by atoms with Crippen molar-refractivity contribution in [2.45, 2.75) is 55.5 Å². The molecule has 1 aromatic heterocycles. The summed E-state index contributed by atoms with van der Waals surface area (Å²) in [5.41, 5.74) is -0.409. The van der Waals surface area contributed by atoms with E-state index in [1.54, 1.807) is 11.6 Å². The van der Waals surface area contributed by atoms with Gasteiger partial charge in [0.2, 0.25) is 11.1 Å². The van der Waals surface area contributed by atoms with Gasteiger partial charge in [0.05, 0.1) is 17.0 Å². The van der Waals surface area contributed by atoms with Crippen LogP contribution in [0.15, 0.2) is 17.3 Å². The Morgan fingerprint density at radius 1 is 1.23 bits per heavy atom. The number of benzene rings is 1. The van der Waals surface area contributed by atoms with Crippen molar-refractivity contribution >= 4 is 23.4 Å². The molecule has 0 bridgehead atoms. The molecule has 140 valence electrons. The molecule has 10 heteroatoms. The smallest absolute Gasteiger partial charge is 0.237 e. The van der Waals surface area contributed by atoms with E-state index in [9.17, 15) is 18.0 Å².